The molecule has 2 N–H and O–H groups in total. The van der Waals surface area contributed by atoms with Gasteiger partial charge in [-0.1, -0.05) is 82.3 Å². The maximum Gasteiger partial charge on any atom is 0.323 e. The highest BCUT2D eigenvalue weighted by Gasteiger charge is 2.37. The number of nitrogens with zero attached hydrogens (tertiary/aromatic N) is 2. The summed E-state index contributed by atoms with van der Waals surface area (Å²) in [6, 6.07) is 27.9. The monoisotopic (exact) mass is 600 g/mol. The molecule has 0 spiro atoms. The molecule has 2 heterocycles. The Hall–Kier alpha value is -4.91. The standard InChI is InChI=1S/C38H40N4O3/c1-24(25-11-7-6-8-12-25)28-15-16-30(28)33-22-27(19-20-39-33)45-35-18-17-32(29-13-9-10-14-31(29)35)41-37(43)42-34-21-26(38(2,3)4)23-40-36(34)44-5/h6-14,17-24,28,30H,15-16H2,1-5H3,(H2,41,42,43). The number of hydrogen-bond acceptors (Lipinski definition) is 5. The molecule has 2 aromatic heterocycles. The Morgan fingerprint density at radius 1 is 0.867 bits per heavy atom. The van der Waals surface area contributed by atoms with Gasteiger partial charge < -0.3 is 20.1 Å². The highest BCUT2D eigenvalue weighted by atomic mass is 16.5. The van der Waals surface area contributed by atoms with E-state index in [1.807, 2.05) is 54.7 Å². The van der Waals surface area contributed by atoms with Crippen molar-refractivity contribution in [2.24, 2.45) is 5.92 Å². The topological polar surface area (TPSA) is 85.4 Å². The Balaban J connectivity index is 1.20. The summed E-state index contributed by atoms with van der Waals surface area (Å²) in [5, 5.41) is 7.67. The first-order valence-corrected chi connectivity index (χ1v) is 15.5. The van der Waals surface area contributed by atoms with Crippen LogP contribution in [-0.2, 0) is 5.41 Å². The molecule has 1 fully saturated rings. The van der Waals surface area contributed by atoms with Gasteiger partial charge >= 0.3 is 6.03 Å². The molecule has 2 amide bonds. The molecule has 0 aliphatic heterocycles. The highest BCUT2D eigenvalue weighted by molar-refractivity contribution is 6.07. The van der Waals surface area contributed by atoms with E-state index in [1.54, 1.807) is 6.20 Å². The molecule has 7 nitrogen and oxygen atoms in total. The molecule has 45 heavy (non-hydrogen) atoms. The van der Waals surface area contributed by atoms with Crippen LogP contribution in [0.25, 0.3) is 10.8 Å². The zero-order chi connectivity index (χ0) is 31.6. The number of aromatic nitrogens is 2. The first kappa shape index (κ1) is 30.1. The molecular formula is C38H40N4O3. The maximum atomic E-state index is 13.2. The van der Waals surface area contributed by atoms with Gasteiger partial charge in [-0.2, -0.15) is 0 Å². The number of fused-ring (bicyclic) bond motifs is 1. The molecule has 1 aliphatic carbocycles. The highest BCUT2D eigenvalue weighted by Crippen LogP contribution is 2.49. The SMILES string of the molecule is COc1ncc(C(C)(C)C)cc1NC(=O)Nc1ccc(Oc2ccnc(C3CCC3C(C)c3ccccc3)c2)c2ccccc12. The summed E-state index contributed by atoms with van der Waals surface area (Å²) in [5.74, 6) is 3.24. The molecule has 0 radical (unpaired) electrons. The zero-order valence-electron chi connectivity index (χ0n) is 26.5. The second-order valence-electron chi connectivity index (χ2n) is 12.8. The van der Waals surface area contributed by atoms with Gasteiger partial charge in [-0.15, -0.1) is 0 Å². The fraction of sp³-hybridized carbons (Fsp3) is 0.289. The molecular weight excluding hydrogens is 560 g/mol. The van der Waals surface area contributed by atoms with Crippen molar-refractivity contribution >= 4 is 28.2 Å². The van der Waals surface area contributed by atoms with E-state index in [-0.39, 0.29) is 5.41 Å². The van der Waals surface area contributed by atoms with Crippen molar-refractivity contribution in [1.29, 1.82) is 0 Å². The summed E-state index contributed by atoms with van der Waals surface area (Å²) in [7, 11) is 1.54. The number of carbonyl (C=O) groups is 1. The van der Waals surface area contributed by atoms with Crippen molar-refractivity contribution < 1.29 is 14.3 Å². The van der Waals surface area contributed by atoms with Crippen molar-refractivity contribution in [3.8, 4) is 17.4 Å². The third-order valence-electron chi connectivity index (χ3n) is 8.95. The second-order valence-corrected chi connectivity index (χ2v) is 12.8. The molecule has 1 saturated carbocycles. The van der Waals surface area contributed by atoms with E-state index < -0.39 is 6.03 Å². The number of ether oxygens (including phenoxy) is 2. The lowest BCUT2D eigenvalue weighted by atomic mass is 9.64. The number of pyridine rings is 2. The normalized spacial score (nSPS) is 16.8. The number of nitrogens with one attached hydrogen (secondary N) is 2. The summed E-state index contributed by atoms with van der Waals surface area (Å²) < 4.78 is 11.9. The summed E-state index contributed by atoms with van der Waals surface area (Å²) in [5.41, 5.74) is 4.48. The minimum atomic E-state index is -0.390. The number of rotatable bonds is 8. The number of methoxy groups -OCH3 is 1. The lowest BCUT2D eigenvalue weighted by molar-refractivity contribution is 0.214. The molecule has 3 unspecified atom stereocenters. The zero-order valence-corrected chi connectivity index (χ0v) is 26.5. The van der Waals surface area contributed by atoms with Gasteiger partial charge in [0.2, 0.25) is 5.88 Å². The predicted molar refractivity (Wildman–Crippen MR) is 181 cm³/mol. The molecule has 230 valence electrons. The number of urea groups is 1. The van der Waals surface area contributed by atoms with E-state index in [1.165, 1.54) is 19.1 Å². The largest absolute Gasteiger partial charge is 0.480 e. The first-order valence-electron chi connectivity index (χ1n) is 15.5. The van der Waals surface area contributed by atoms with Crippen LogP contribution in [0.15, 0.2) is 97.3 Å². The molecule has 0 bridgehead atoms. The Morgan fingerprint density at radius 3 is 2.31 bits per heavy atom. The Morgan fingerprint density at radius 2 is 1.60 bits per heavy atom. The first-order chi connectivity index (χ1) is 21.7. The molecule has 1 aliphatic rings. The van der Waals surface area contributed by atoms with Crippen molar-refractivity contribution in [2.45, 2.75) is 57.8 Å². The van der Waals surface area contributed by atoms with E-state index in [0.717, 1.165) is 34.2 Å². The second kappa shape index (κ2) is 12.6. The van der Waals surface area contributed by atoms with E-state index in [9.17, 15) is 4.79 Å². The average molecular weight is 601 g/mol. The van der Waals surface area contributed by atoms with Crippen molar-refractivity contribution in [2.75, 3.05) is 17.7 Å². The van der Waals surface area contributed by atoms with Crippen LogP contribution in [0.2, 0.25) is 0 Å². The fourth-order valence-electron chi connectivity index (χ4n) is 6.18. The Labute approximate surface area is 265 Å². The predicted octanol–water partition coefficient (Wildman–Crippen LogP) is 9.67. The molecule has 0 saturated heterocycles. The van der Waals surface area contributed by atoms with Crippen LogP contribution in [0, 0.1) is 5.92 Å². The van der Waals surface area contributed by atoms with Crippen LogP contribution in [0.4, 0.5) is 16.2 Å². The minimum absolute atomic E-state index is 0.131. The van der Waals surface area contributed by atoms with Crippen LogP contribution in [-0.4, -0.2) is 23.1 Å². The summed E-state index contributed by atoms with van der Waals surface area (Å²) in [4.78, 5) is 22.3. The van der Waals surface area contributed by atoms with E-state index in [2.05, 4.69) is 79.7 Å². The van der Waals surface area contributed by atoms with Gasteiger partial charge in [-0.25, -0.2) is 9.78 Å². The Bertz CT molecular complexity index is 1820. The summed E-state index contributed by atoms with van der Waals surface area (Å²) in [6.45, 7) is 8.61. The third-order valence-corrected chi connectivity index (χ3v) is 8.95. The number of benzene rings is 3. The van der Waals surface area contributed by atoms with Crippen molar-refractivity contribution in [3.63, 3.8) is 0 Å². The quantitative estimate of drug-likeness (QED) is 0.185. The van der Waals surface area contributed by atoms with Crippen molar-refractivity contribution in [3.05, 3.63) is 114 Å². The molecule has 3 aromatic carbocycles. The number of hydrogen-bond donors (Lipinski definition) is 2. The summed E-state index contributed by atoms with van der Waals surface area (Å²) in [6.07, 6.45) is 5.95. The van der Waals surface area contributed by atoms with Gasteiger partial charge in [0.05, 0.1) is 12.8 Å². The molecule has 5 aromatic rings. The van der Waals surface area contributed by atoms with Crippen molar-refractivity contribution in [1.82, 2.24) is 9.97 Å². The third kappa shape index (κ3) is 6.48. The molecule has 7 heteroatoms. The van der Waals surface area contributed by atoms with Crippen LogP contribution in [0.5, 0.6) is 17.4 Å². The lowest BCUT2D eigenvalue weighted by Crippen LogP contribution is -2.29. The van der Waals surface area contributed by atoms with Crippen LogP contribution < -0.4 is 20.1 Å². The smallest absolute Gasteiger partial charge is 0.323 e. The van der Waals surface area contributed by atoms with Crippen LogP contribution in [0.1, 0.15) is 69.2 Å². The maximum absolute atomic E-state index is 13.2. The van der Waals surface area contributed by atoms with Gasteiger partial charge in [0.25, 0.3) is 0 Å². The fourth-order valence-corrected chi connectivity index (χ4v) is 6.18. The van der Waals surface area contributed by atoms with E-state index in [0.29, 0.717) is 40.8 Å². The van der Waals surface area contributed by atoms with Gasteiger partial charge in [-0.05, 0) is 65.5 Å². The summed E-state index contributed by atoms with van der Waals surface area (Å²) >= 11 is 0. The van der Waals surface area contributed by atoms with Gasteiger partial charge in [0.1, 0.15) is 17.2 Å². The van der Waals surface area contributed by atoms with Crippen LogP contribution in [0.3, 0.4) is 0 Å². The molecule has 3 atom stereocenters. The van der Waals surface area contributed by atoms with Gasteiger partial charge in [-0.3, -0.25) is 4.98 Å². The van der Waals surface area contributed by atoms with Crippen LogP contribution >= 0.6 is 0 Å². The molecule has 6 rings (SSSR count). The lowest BCUT2D eigenvalue weighted by Gasteiger charge is -2.40. The van der Waals surface area contributed by atoms with Gasteiger partial charge in [0.15, 0.2) is 0 Å². The van der Waals surface area contributed by atoms with Gasteiger partial charge in [0, 0.05) is 40.8 Å². The van der Waals surface area contributed by atoms with E-state index in [4.69, 9.17) is 14.5 Å². The number of amides is 2. The number of carbonyl (C=O) groups excluding carboxylic acids is 1. The van der Waals surface area contributed by atoms with E-state index >= 15 is 0 Å². The average Bonchev–Trinajstić information content (AvgIpc) is 3.02. The minimum Gasteiger partial charge on any atom is -0.480 e. The Kier molecular flexibility index (Phi) is 8.44. The number of anilines is 2.